The van der Waals surface area contributed by atoms with Gasteiger partial charge in [-0.25, -0.2) is 4.79 Å². The van der Waals surface area contributed by atoms with Crippen LogP contribution in [0, 0.1) is 5.92 Å². The van der Waals surface area contributed by atoms with Crippen LogP contribution in [0.3, 0.4) is 0 Å². The number of benzene rings is 2. The van der Waals surface area contributed by atoms with E-state index in [0.717, 1.165) is 5.69 Å². The molecule has 7 nitrogen and oxygen atoms in total. The minimum atomic E-state index is -1.25. The summed E-state index contributed by atoms with van der Waals surface area (Å²) in [5, 5.41) is 21.2. The van der Waals surface area contributed by atoms with Crippen LogP contribution in [-0.4, -0.2) is 34.5 Å². The quantitative estimate of drug-likeness (QED) is 0.790. The number of nitrogens with one attached hydrogen (secondary N) is 1. The van der Waals surface area contributed by atoms with Crippen LogP contribution >= 0.6 is 0 Å². The molecule has 3 rings (SSSR count). The van der Waals surface area contributed by atoms with Gasteiger partial charge < -0.3 is 20.4 Å². The summed E-state index contributed by atoms with van der Waals surface area (Å²) < 4.78 is 0. The predicted molar refractivity (Wildman–Crippen MR) is 90.6 cm³/mol. The lowest BCUT2D eigenvalue weighted by Gasteiger charge is -2.16. The molecule has 128 valence electrons. The fourth-order valence-corrected chi connectivity index (χ4v) is 2.78. The summed E-state index contributed by atoms with van der Waals surface area (Å²) in [5.41, 5.74) is 0.772. The molecule has 1 heterocycles. The highest BCUT2D eigenvalue weighted by Crippen LogP contribution is 2.27. The number of anilines is 2. The Balaban J connectivity index is 1.69. The summed E-state index contributed by atoms with van der Waals surface area (Å²) in [6.45, 7) is 0.272. The Bertz CT molecular complexity index is 835. The molecule has 0 bridgehead atoms. The Labute approximate surface area is 143 Å². The summed E-state index contributed by atoms with van der Waals surface area (Å²) in [6, 6.07) is 12.9. The van der Waals surface area contributed by atoms with Crippen molar-refractivity contribution >= 4 is 29.2 Å². The van der Waals surface area contributed by atoms with Crippen LogP contribution in [0.4, 0.5) is 11.4 Å². The molecule has 0 unspecified atom stereocenters. The van der Waals surface area contributed by atoms with Crippen LogP contribution in [0.5, 0.6) is 5.75 Å². The molecule has 3 N–H and O–H groups in total. The van der Waals surface area contributed by atoms with Crippen molar-refractivity contribution in [2.24, 2.45) is 5.92 Å². The zero-order chi connectivity index (χ0) is 18.0. The molecule has 25 heavy (non-hydrogen) atoms. The van der Waals surface area contributed by atoms with Crippen molar-refractivity contribution in [2.75, 3.05) is 16.8 Å². The Morgan fingerprint density at radius 3 is 2.48 bits per heavy atom. The normalized spacial score (nSPS) is 16.7. The molecule has 1 atom stereocenters. The summed E-state index contributed by atoms with van der Waals surface area (Å²) in [6.07, 6.45) is 0.0971. The van der Waals surface area contributed by atoms with Gasteiger partial charge in [-0.05, 0) is 24.3 Å². The first-order chi connectivity index (χ1) is 12.0. The molecule has 1 aliphatic rings. The minimum Gasteiger partial charge on any atom is -0.507 e. The smallest absolute Gasteiger partial charge is 0.339 e. The first kappa shape index (κ1) is 16.5. The van der Waals surface area contributed by atoms with Gasteiger partial charge in [0, 0.05) is 30.4 Å². The Kier molecular flexibility index (Phi) is 4.38. The highest BCUT2D eigenvalue weighted by molar-refractivity contribution is 6.03. The number of carboxylic acids is 1. The van der Waals surface area contributed by atoms with E-state index in [1.807, 2.05) is 18.2 Å². The number of aromatic hydroxyl groups is 1. The number of nitrogens with zero attached hydrogens (tertiary/aromatic N) is 1. The third-order valence-electron chi connectivity index (χ3n) is 4.06. The zero-order valence-corrected chi connectivity index (χ0v) is 13.2. The maximum atomic E-state index is 12.4. The number of carboxylic acid groups (broad SMARTS) is 1. The molecule has 0 aliphatic carbocycles. The van der Waals surface area contributed by atoms with Gasteiger partial charge in [-0.3, -0.25) is 9.59 Å². The number of phenols is 1. The van der Waals surface area contributed by atoms with E-state index in [0.29, 0.717) is 0 Å². The average Bonchev–Trinajstić information content (AvgIpc) is 2.97. The molecule has 0 aromatic heterocycles. The Morgan fingerprint density at radius 1 is 1.12 bits per heavy atom. The molecule has 2 aromatic carbocycles. The van der Waals surface area contributed by atoms with Gasteiger partial charge in [0.1, 0.15) is 11.3 Å². The largest absolute Gasteiger partial charge is 0.507 e. The number of para-hydroxylation sites is 1. The number of carbonyl (C=O) groups excluding carboxylic acids is 2. The number of hydrogen-bond donors (Lipinski definition) is 3. The highest BCUT2D eigenvalue weighted by Gasteiger charge is 2.35. The fraction of sp³-hybridized carbons (Fsp3) is 0.167. The maximum Gasteiger partial charge on any atom is 0.339 e. The van der Waals surface area contributed by atoms with Crippen molar-refractivity contribution in [2.45, 2.75) is 6.42 Å². The molecular formula is C18H16N2O5. The SMILES string of the molecule is O=C(O)c1ccc(NC(=O)[C@@H]2CC(=O)N(c3ccccc3)C2)cc1O. The van der Waals surface area contributed by atoms with Crippen molar-refractivity contribution in [3.05, 3.63) is 54.1 Å². The third kappa shape index (κ3) is 3.45. The summed E-state index contributed by atoms with van der Waals surface area (Å²) in [7, 11) is 0. The van der Waals surface area contributed by atoms with E-state index in [-0.39, 0.29) is 36.0 Å². The highest BCUT2D eigenvalue weighted by atomic mass is 16.4. The lowest BCUT2D eigenvalue weighted by molar-refractivity contribution is -0.122. The topological polar surface area (TPSA) is 107 Å². The van der Waals surface area contributed by atoms with E-state index in [9.17, 15) is 19.5 Å². The van der Waals surface area contributed by atoms with Gasteiger partial charge in [0.05, 0.1) is 5.92 Å². The molecule has 2 aromatic rings. The number of aromatic carboxylic acids is 1. The van der Waals surface area contributed by atoms with E-state index in [2.05, 4.69) is 5.32 Å². The van der Waals surface area contributed by atoms with Crippen molar-refractivity contribution in [1.82, 2.24) is 0 Å². The first-order valence-electron chi connectivity index (χ1n) is 7.68. The van der Waals surface area contributed by atoms with E-state index in [1.54, 1.807) is 17.0 Å². The molecule has 1 fully saturated rings. The van der Waals surface area contributed by atoms with Gasteiger partial charge in [0.2, 0.25) is 11.8 Å². The van der Waals surface area contributed by atoms with E-state index in [1.165, 1.54) is 18.2 Å². The van der Waals surface area contributed by atoms with Gasteiger partial charge in [0.15, 0.2) is 0 Å². The predicted octanol–water partition coefficient (Wildman–Crippen LogP) is 2.08. The van der Waals surface area contributed by atoms with E-state index >= 15 is 0 Å². The van der Waals surface area contributed by atoms with Crippen LogP contribution in [0.1, 0.15) is 16.8 Å². The average molecular weight is 340 g/mol. The monoisotopic (exact) mass is 340 g/mol. The lowest BCUT2D eigenvalue weighted by atomic mass is 10.1. The van der Waals surface area contributed by atoms with Crippen LogP contribution in [0.25, 0.3) is 0 Å². The Morgan fingerprint density at radius 2 is 1.84 bits per heavy atom. The second-order valence-electron chi connectivity index (χ2n) is 5.77. The summed E-state index contributed by atoms with van der Waals surface area (Å²) in [5.74, 6) is -2.69. The molecule has 0 saturated carbocycles. The van der Waals surface area contributed by atoms with Crippen LogP contribution < -0.4 is 10.2 Å². The van der Waals surface area contributed by atoms with Crippen molar-refractivity contribution in [3.63, 3.8) is 0 Å². The minimum absolute atomic E-state index is 0.0971. The fourth-order valence-electron chi connectivity index (χ4n) is 2.78. The van der Waals surface area contributed by atoms with E-state index in [4.69, 9.17) is 5.11 Å². The molecule has 1 saturated heterocycles. The standard InChI is InChI=1S/C18H16N2O5/c21-15-9-12(6-7-14(15)18(24)25)19-17(23)11-8-16(22)20(10-11)13-4-2-1-3-5-13/h1-7,9,11,21H,8,10H2,(H,19,23)(H,24,25)/t11-/m1/s1. The first-order valence-corrected chi connectivity index (χ1v) is 7.68. The molecule has 0 spiro atoms. The molecular weight excluding hydrogens is 324 g/mol. The van der Waals surface area contributed by atoms with Gasteiger partial charge in [0.25, 0.3) is 0 Å². The lowest BCUT2D eigenvalue weighted by Crippen LogP contribution is -2.28. The van der Waals surface area contributed by atoms with Gasteiger partial charge in [-0.2, -0.15) is 0 Å². The molecule has 2 amide bonds. The Hall–Kier alpha value is -3.35. The van der Waals surface area contributed by atoms with Gasteiger partial charge in [-0.1, -0.05) is 18.2 Å². The van der Waals surface area contributed by atoms with Crippen molar-refractivity contribution < 1.29 is 24.6 Å². The molecule has 7 heteroatoms. The summed E-state index contributed by atoms with van der Waals surface area (Å²) in [4.78, 5) is 37.0. The number of amides is 2. The number of hydrogen-bond acceptors (Lipinski definition) is 4. The molecule has 0 radical (unpaired) electrons. The van der Waals surface area contributed by atoms with Gasteiger partial charge in [-0.15, -0.1) is 0 Å². The molecule has 1 aliphatic heterocycles. The zero-order valence-electron chi connectivity index (χ0n) is 13.2. The number of rotatable bonds is 4. The van der Waals surface area contributed by atoms with Gasteiger partial charge >= 0.3 is 5.97 Å². The van der Waals surface area contributed by atoms with Crippen LogP contribution in [0.2, 0.25) is 0 Å². The van der Waals surface area contributed by atoms with Crippen molar-refractivity contribution in [1.29, 1.82) is 0 Å². The number of carbonyl (C=O) groups is 3. The third-order valence-corrected chi connectivity index (χ3v) is 4.06. The maximum absolute atomic E-state index is 12.4. The van der Waals surface area contributed by atoms with Crippen molar-refractivity contribution in [3.8, 4) is 5.75 Å². The van der Waals surface area contributed by atoms with E-state index < -0.39 is 17.6 Å². The van der Waals surface area contributed by atoms with Crippen LogP contribution in [-0.2, 0) is 9.59 Å². The second kappa shape index (κ2) is 6.64. The van der Waals surface area contributed by atoms with Crippen LogP contribution in [0.15, 0.2) is 48.5 Å². The summed E-state index contributed by atoms with van der Waals surface area (Å²) >= 11 is 0. The second-order valence-corrected chi connectivity index (χ2v) is 5.77.